The predicted molar refractivity (Wildman–Crippen MR) is 120 cm³/mol. The van der Waals surface area contributed by atoms with Gasteiger partial charge in [-0.05, 0) is 69.1 Å². The van der Waals surface area contributed by atoms with Crippen molar-refractivity contribution in [2.75, 3.05) is 13.1 Å². The molecule has 0 aliphatic rings. The molecule has 8 heteroatoms. The summed E-state index contributed by atoms with van der Waals surface area (Å²) in [5.41, 5.74) is 7.86. The monoisotopic (exact) mass is 445 g/mol. The molecule has 0 atom stereocenters. The van der Waals surface area contributed by atoms with Crippen LogP contribution in [0.5, 0.6) is 5.88 Å². The Morgan fingerprint density at radius 2 is 1.78 bits per heavy atom. The fourth-order valence-corrected chi connectivity index (χ4v) is 3.81. The number of nitrogens with two attached hydrogens (primary N) is 1. The second-order valence-electron chi connectivity index (χ2n) is 7.94. The Morgan fingerprint density at radius 3 is 2.38 bits per heavy atom. The quantitative estimate of drug-likeness (QED) is 0.497. The Hall–Kier alpha value is -3.13. The summed E-state index contributed by atoms with van der Waals surface area (Å²) >= 11 is 0. The van der Waals surface area contributed by atoms with E-state index in [9.17, 15) is 23.1 Å². The van der Waals surface area contributed by atoms with Crippen molar-refractivity contribution in [2.45, 2.75) is 39.8 Å². The molecule has 5 nitrogen and oxygen atoms in total. The minimum absolute atomic E-state index is 0.0812. The van der Waals surface area contributed by atoms with Gasteiger partial charge in [-0.3, -0.25) is 14.4 Å². The van der Waals surface area contributed by atoms with Crippen LogP contribution in [-0.2, 0) is 11.0 Å². The lowest BCUT2D eigenvalue weighted by atomic mass is 10.1. The molecule has 0 amide bonds. The van der Waals surface area contributed by atoms with Gasteiger partial charge in [-0.25, -0.2) is 0 Å². The molecule has 3 N–H and O–H groups in total. The molecule has 0 unspecified atom stereocenters. The van der Waals surface area contributed by atoms with E-state index in [4.69, 9.17) is 5.73 Å². The van der Waals surface area contributed by atoms with Crippen LogP contribution < -0.4 is 5.73 Å². The summed E-state index contributed by atoms with van der Waals surface area (Å²) in [4.78, 5) is 16.3. The van der Waals surface area contributed by atoms with Crippen LogP contribution in [0.15, 0.2) is 41.4 Å². The number of aryl methyl sites for hydroxylation is 2. The van der Waals surface area contributed by atoms with Crippen molar-refractivity contribution in [1.82, 2.24) is 4.57 Å². The van der Waals surface area contributed by atoms with Gasteiger partial charge in [0, 0.05) is 23.2 Å². The van der Waals surface area contributed by atoms with Gasteiger partial charge < -0.3 is 10.8 Å². The van der Waals surface area contributed by atoms with Crippen LogP contribution in [0.4, 0.5) is 13.2 Å². The van der Waals surface area contributed by atoms with Gasteiger partial charge in [0.25, 0.3) is 0 Å². The molecule has 0 saturated carbocycles. The van der Waals surface area contributed by atoms with E-state index in [0.29, 0.717) is 41.7 Å². The van der Waals surface area contributed by atoms with Gasteiger partial charge in [-0.15, -0.1) is 0 Å². The molecule has 32 heavy (non-hydrogen) atoms. The molecule has 170 valence electrons. The van der Waals surface area contributed by atoms with Crippen molar-refractivity contribution >= 4 is 22.4 Å². The third-order valence-corrected chi connectivity index (χ3v) is 5.25. The molecule has 3 rings (SSSR count). The van der Waals surface area contributed by atoms with Gasteiger partial charge >= 0.3 is 6.18 Å². The lowest BCUT2D eigenvalue weighted by Gasteiger charge is -2.11. The SMILES string of the molecule is CC(=NCC(=O)CCCN)c1c(O)n(-c2cc(C)cc(C)c2)c2cc(C(F)(F)F)ccc12. The molecule has 0 aliphatic heterocycles. The molecule has 0 spiro atoms. The maximum Gasteiger partial charge on any atom is 0.416 e. The summed E-state index contributed by atoms with van der Waals surface area (Å²) in [7, 11) is 0. The van der Waals surface area contributed by atoms with Gasteiger partial charge in [0.15, 0.2) is 5.78 Å². The van der Waals surface area contributed by atoms with Crippen LogP contribution >= 0.6 is 0 Å². The lowest BCUT2D eigenvalue weighted by Crippen LogP contribution is -2.08. The largest absolute Gasteiger partial charge is 0.494 e. The second kappa shape index (κ2) is 9.16. The van der Waals surface area contributed by atoms with E-state index in [1.165, 1.54) is 10.6 Å². The standard InChI is InChI=1S/C24H26F3N3O2/c1-14-9-15(2)11-18(10-14)30-21-12-17(24(25,26)27)6-7-20(21)22(23(30)32)16(3)29-13-19(31)5-4-8-28/h6-7,9-12,32H,4-5,8,13,28H2,1-3H3. The zero-order valence-corrected chi connectivity index (χ0v) is 18.3. The Labute approximate surface area is 184 Å². The predicted octanol–water partition coefficient (Wildman–Crippen LogP) is 5.09. The first kappa shape index (κ1) is 23.5. The summed E-state index contributed by atoms with van der Waals surface area (Å²) in [6.07, 6.45) is -3.66. The Kier molecular flexibility index (Phi) is 6.74. The number of Topliss-reactive ketones (excluding diaryl/α,β-unsaturated/α-hetero) is 1. The van der Waals surface area contributed by atoms with Crippen LogP contribution in [0.3, 0.4) is 0 Å². The first-order valence-electron chi connectivity index (χ1n) is 10.3. The maximum atomic E-state index is 13.4. The highest BCUT2D eigenvalue weighted by atomic mass is 19.4. The molecular weight excluding hydrogens is 419 g/mol. The van der Waals surface area contributed by atoms with E-state index in [2.05, 4.69) is 4.99 Å². The minimum Gasteiger partial charge on any atom is -0.494 e. The summed E-state index contributed by atoms with van der Waals surface area (Å²) in [6.45, 7) is 5.71. The van der Waals surface area contributed by atoms with E-state index >= 15 is 0 Å². The third-order valence-electron chi connectivity index (χ3n) is 5.25. The van der Waals surface area contributed by atoms with Gasteiger partial charge in [-0.2, -0.15) is 13.2 Å². The van der Waals surface area contributed by atoms with Crippen LogP contribution in [0.1, 0.15) is 42.0 Å². The third kappa shape index (κ3) is 4.85. The highest BCUT2D eigenvalue weighted by molar-refractivity contribution is 6.13. The number of aromatic hydroxyl groups is 1. The fourth-order valence-electron chi connectivity index (χ4n) is 3.81. The first-order chi connectivity index (χ1) is 15.0. The molecule has 3 aromatic rings. The van der Waals surface area contributed by atoms with E-state index < -0.39 is 11.7 Å². The highest BCUT2D eigenvalue weighted by Gasteiger charge is 2.32. The number of carbonyl (C=O) groups excluding carboxylic acids is 1. The lowest BCUT2D eigenvalue weighted by molar-refractivity contribution is -0.137. The number of fused-ring (bicyclic) bond motifs is 1. The summed E-state index contributed by atoms with van der Waals surface area (Å²) in [6, 6.07) is 8.86. The van der Waals surface area contributed by atoms with Gasteiger partial charge in [0.1, 0.15) is 0 Å². The summed E-state index contributed by atoms with van der Waals surface area (Å²) in [5.74, 6) is -0.313. The molecule has 0 bridgehead atoms. The zero-order valence-electron chi connectivity index (χ0n) is 18.3. The molecular formula is C24H26F3N3O2. The fraction of sp³-hybridized carbons (Fsp3) is 0.333. The molecule has 0 radical (unpaired) electrons. The number of halogens is 3. The van der Waals surface area contributed by atoms with Gasteiger partial charge in [-0.1, -0.05) is 12.1 Å². The van der Waals surface area contributed by atoms with Crippen LogP contribution in [0.2, 0.25) is 0 Å². The molecule has 0 aliphatic carbocycles. The number of nitrogens with zero attached hydrogens (tertiary/aromatic N) is 2. The Balaban J connectivity index is 2.21. The van der Waals surface area contributed by atoms with E-state index in [0.717, 1.165) is 23.3 Å². The number of benzene rings is 2. The average molecular weight is 445 g/mol. The number of aromatic nitrogens is 1. The number of aliphatic imine (C=N–C) groups is 1. The topological polar surface area (TPSA) is 80.6 Å². The summed E-state index contributed by atoms with van der Waals surface area (Å²) < 4.78 is 41.6. The molecule has 0 saturated heterocycles. The number of alkyl halides is 3. The zero-order chi connectivity index (χ0) is 23.6. The Morgan fingerprint density at radius 1 is 1.12 bits per heavy atom. The van der Waals surface area contributed by atoms with E-state index in [1.807, 2.05) is 19.9 Å². The van der Waals surface area contributed by atoms with Gasteiger partial charge in [0.2, 0.25) is 5.88 Å². The first-order valence-corrected chi connectivity index (χ1v) is 10.3. The van der Waals surface area contributed by atoms with Crippen LogP contribution in [0, 0.1) is 13.8 Å². The van der Waals surface area contributed by atoms with Crippen molar-refractivity contribution in [3.8, 4) is 11.6 Å². The van der Waals surface area contributed by atoms with Gasteiger partial charge in [0.05, 0.1) is 23.2 Å². The maximum absolute atomic E-state index is 13.4. The molecule has 2 aromatic carbocycles. The molecule has 0 fully saturated rings. The smallest absolute Gasteiger partial charge is 0.416 e. The number of carbonyl (C=O) groups is 1. The molecule has 1 aromatic heterocycles. The Bertz CT molecular complexity index is 1170. The molecule has 1 heterocycles. The van der Waals surface area contributed by atoms with Crippen molar-refractivity contribution < 1.29 is 23.1 Å². The van der Waals surface area contributed by atoms with Crippen molar-refractivity contribution in [1.29, 1.82) is 0 Å². The number of hydrogen-bond acceptors (Lipinski definition) is 4. The second-order valence-corrected chi connectivity index (χ2v) is 7.94. The highest BCUT2D eigenvalue weighted by Crippen LogP contribution is 2.39. The van der Waals surface area contributed by atoms with E-state index in [1.54, 1.807) is 19.1 Å². The van der Waals surface area contributed by atoms with Crippen LogP contribution in [-0.4, -0.2) is 34.3 Å². The number of hydrogen-bond donors (Lipinski definition) is 2. The van der Waals surface area contributed by atoms with Crippen molar-refractivity contribution in [3.05, 3.63) is 58.7 Å². The summed E-state index contributed by atoms with van der Waals surface area (Å²) in [5, 5.41) is 11.5. The van der Waals surface area contributed by atoms with Crippen LogP contribution in [0.25, 0.3) is 16.6 Å². The van der Waals surface area contributed by atoms with Crippen molar-refractivity contribution in [2.24, 2.45) is 10.7 Å². The average Bonchev–Trinajstić information content (AvgIpc) is 3.00. The number of rotatable bonds is 7. The normalized spacial score (nSPS) is 12.5. The van der Waals surface area contributed by atoms with E-state index in [-0.39, 0.29) is 23.7 Å². The minimum atomic E-state index is -4.53. The van der Waals surface area contributed by atoms with Crippen molar-refractivity contribution in [3.63, 3.8) is 0 Å². The number of ketones is 1.